The number of hydrogen-bond acceptors (Lipinski definition) is 6. The molecular weight excluding hydrogens is 426 g/mol. The molecule has 2 aromatic rings. The maximum atomic E-state index is 12.5. The summed E-state index contributed by atoms with van der Waals surface area (Å²) in [5, 5.41) is 2.44. The number of nitrogens with one attached hydrogen (secondary N) is 1. The Bertz CT molecular complexity index is 1040. The number of ether oxygens (including phenoxy) is 2. The number of fused-ring (bicyclic) bond motifs is 1. The van der Waals surface area contributed by atoms with Gasteiger partial charge in [0.2, 0.25) is 0 Å². The van der Waals surface area contributed by atoms with Gasteiger partial charge in [0, 0.05) is 12.2 Å². The molecule has 8 nitrogen and oxygen atoms in total. The third-order valence-corrected chi connectivity index (χ3v) is 4.64. The van der Waals surface area contributed by atoms with Crippen LogP contribution in [0.15, 0.2) is 42.5 Å². The van der Waals surface area contributed by atoms with E-state index in [1.807, 2.05) is 6.92 Å². The quantitative estimate of drug-likeness (QED) is 0.468. The molecule has 3 rings (SSSR count). The summed E-state index contributed by atoms with van der Waals surface area (Å²) in [4.78, 5) is 50.3. The van der Waals surface area contributed by atoms with Gasteiger partial charge in [-0.25, -0.2) is 4.79 Å². The number of unbranched alkanes of at least 4 members (excludes halogenated alkanes) is 1. The van der Waals surface area contributed by atoms with Crippen molar-refractivity contribution < 1.29 is 37.4 Å². The molecule has 0 radical (unpaired) electrons. The molecule has 0 saturated heterocycles. The Morgan fingerprint density at radius 3 is 2.38 bits per heavy atom. The average Bonchev–Trinajstić information content (AvgIpc) is 3.01. The van der Waals surface area contributed by atoms with Gasteiger partial charge in [0.1, 0.15) is 5.75 Å². The minimum absolute atomic E-state index is 0.0311. The van der Waals surface area contributed by atoms with E-state index in [-0.39, 0.29) is 22.4 Å². The molecular formula is C22H20F2N2O6. The zero-order chi connectivity index (χ0) is 23.3. The van der Waals surface area contributed by atoms with E-state index >= 15 is 0 Å². The van der Waals surface area contributed by atoms with Crippen LogP contribution < -0.4 is 10.1 Å². The molecule has 0 atom stereocenters. The number of anilines is 1. The zero-order valence-electron chi connectivity index (χ0n) is 17.1. The largest absolute Gasteiger partial charge is 0.452 e. The Labute approximate surface area is 182 Å². The molecule has 0 aromatic heterocycles. The predicted molar refractivity (Wildman–Crippen MR) is 109 cm³/mol. The molecule has 0 saturated carbocycles. The van der Waals surface area contributed by atoms with Gasteiger partial charge >= 0.3 is 12.6 Å². The maximum absolute atomic E-state index is 12.5. The van der Waals surface area contributed by atoms with Gasteiger partial charge in [0.25, 0.3) is 17.7 Å². The van der Waals surface area contributed by atoms with E-state index in [1.165, 1.54) is 42.5 Å². The molecule has 168 valence electrons. The number of amides is 3. The first-order valence-corrected chi connectivity index (χ1v) is 9.82. The van der Waals surface area contributed by atoms with E-state index in [0.29, 0.717) is 18.7 Å². The summed E-state index contributed by atoms with van der Waals surface area (Å²) in [6, 6.07) is 9.23. The maximum Gasteiger partial charge on any atom is 0.387 e. The van der Waals surface area contributed by atoms with Crippen LogP contribution in [-0.4, -0.2) is 48.4 Å². The van der Waals surface area contributed by atoms with Crippen molar-refractivity contribution in [2.45, 2.75) is 26.4 Å². The summed E-state index contributed by atoms with van der Waals surface area (Å²) < 4.78 is 33.5. The van der Waals surface area contributed by atoms with Crippen LogP contribution in [0.5, 0.6) is 5.75 Å². The van der Waals surface area contributed by atoms with Gasteiger partial charge in [0.15, 0.2) is 6.61 Å². The van der Waals surface area contributed by atoms with Crippen molar-refractivity contribution in [1.29, 1.82) is 0 Å². The summed E-state index contributed by atoms with van der Waals surface area (Å²) in [5.74, 6) is -2.43. The number of alkyl halides is 2. The van der Waals surface area contributed by atoms with Gasteiger partial charge in [-0.15, -0.1) is 0 Å². The third kappa shape index (κ3) is 5.26. The Hall–Kier alpha value is -3.82. The molecule has 0 unspecified atom stereocenters. The van der Waals surface area contributed by atoms with E-state index in [4.69, 9.17) is 4.74 Å². The molecule has 0 fully saturated rings. The second-order valence-electron chi connectivity index (χ2n) is 6.90. The molecule has 1 heterocycles. The summed E-state index contributed by atoms with van der Waals surface area (Å²) in [6.07, 6.45) is 1.50. The highest BCUT2D eigenvalue weighted by Crippen LogP contribution is 2.25. The average molecular weight is 446 g/mol. The highest BCUT2D eigenvalue weighted by Gasteiger charge is 2.35. The SMILES string of the molecule is CCCCN1C(=O)c2ccc(C(=O)OCC(=O)Nc3ccc(OC(F)F)cc3)cc2C1=O. The van der Waals surface area contributed by atoms with Crippen molar-refractivity contribution in [3.8, 4) is 5.75 Å². The summed E-state index contributed by atoms with van der Waals surface area (Å²) >= 11 is 0. The van der Waals surface area contributed by atoms with Crippen LogP contribution >= 0.6 is 0 Å². The van der Waals surface area contributed by atoms with E-state index in [0.717, 1.165) is 11.3 Å². The van der Waals surface area contributed by atoms with Crippen LogP contribution in [0.2, 0.25) is 0 Å². The topological polar surface area (TPSA) is 102 Å². The number of halogens is 2. The number of carbonyl (C=O) groups is 4. The molecule has 2 aromatic carbocycles. The first-order valence-electron chi connectivity index (χ1n) is 9.82. The molecule has 10 heteroatoms. The molecule has 0 bridgehead atoms. The number of nitrogens with zero attached hydrogens (tertiary/aromatic N) is 1. The summed E-state index contributed by atoms with van der Waals surface area (Å²) in [7, 11) is 0. The van der Waals surface area contributed by atoms with Crippen molar-refractivity contribution in [2.75, 3.05) is 18.5 Å². The standard InChI is InChI=1S/C22H20F2N2O6/c1-2-3-10-26-19(28)16-9-4-13(11-17(16)20(26)29)21(30)31-12-18(27)25-14-5-7-15(8-6-14)32-22(23)24/h4-9,11,22H,2-3,10,12H2,1H3,(H,25,27). The summed E-state index contributed by atoms with van der Waals surface area (Å²) in [5.41, 5.74) is 0.667. The number of hydrogen-bond donors (Lipinski definition) is 1. The lowest BCUT2D eigenvalue weighted by Crippen LogP contribution is -2.30. The van der Waals surface area contributed by atoms with Crippen molar-refractivity contribution in [3.63, 3.8) is 0 Å². The highest BCUT2D eigenvalue weighted by atomic mass is 19.3. The second kappa shape index (κ2) is 9.99. The van der Waals surface area contributed by atoms with Crippen LogP contribution in [0.4, 0.5) is 14.5 Å². The van der Waals surface area contributed by atoms with Gasteiger partial charge in [-0.1, -0.05) is 13.3 Å². The highest BCUT2D eigenvalue weighted by molar-refractivity contribution is 6.22. The Morgan fingerprint density at radius 2 is 1.72 bits per heavy atom. The predicted octanol–water partition coefficient (Wildman–Crippen LogP) is 3.48. The summed E-state index contributed by atoms with van der Waals surface area (Å²) in [6.45, 7) is -1.32. The third-order valence-electron chi connectivity index (χ3n) is 4.64. The minimum Gasteiger partial charge on any atom is -0.452 e. The van der Waals surface area contributed by atoms with Gasteiger partial charge in [-0.05, 0) is 48.9 Å². The Morgan fingerprint density at radius 1 is 1.03 bits per heavy atom. The van der Waals surface area contributed by atoms with Crippen LogP contribution in [0.3, 0.4) is 0 Å². The van der Waals surface area contributed by atoms with E-state index in [9.17, 15) is 28.0 Å². The Balaban J connectivity index is 1.57. The molecule has 0 aliphatic carbocycles. The fourth-order valence-electron chi connectivity index (χ4n) is 3.07. The molecule has 1 N–H and O–H groups in total. The fraction of sp³-hybridized carbons (Fsp3) is 0.273. The molecule has 32 heavy (non-hydrogen) atoms. The van der Waals surface area contributed by atoms with Gasteiger partial charge in [0.05, 0.1) is 16.7 Å². The van der Waals surface area contributed by atoms with E-state index in [1.54, 1.807) is 0 Å². The Kier molecular flexibility index (Phi) is 7.14. The fourth-order valence-corrected chi connectivity index (χ4v) is 3.07. The molecule has 0 spiro atoms. The molecule has 1 aliphatic rings. The normalized spacial score (nSPS) is 12.7. The lowest BCUT2D eigenvalue weighted by molar-refractivity contribution is -0.119. The van der Waals surface area contributed by atoms with Crippen molar-refractivity contribution in [3.05, 3.63) is 59.2 Å². The second-order valence-corrected chi connectivity index (χ2v) is 6.90. The first-order chi connectivity index (χ1) is 15.3. The van der Waals surface area contributed by atoms with Crippen molar-refractivity contribution in [2.24, 2.45) is 0 Å². The van der Waals surface area contributed by atoms with Gasteiger partial charge < -0.3 is 14.8 Å². The number of benzene rings is 2. The van der Waals surface area contributed by atoms with Crippen LogP contribution in [0.1, 0.15) is 50.8 Å². The number of rotatable bonds is 9. The number of imide groups is 1. The number of esters is 1. The van der Waals surface area contributed by atoms with Crippen molar-refractivity contribution in [1.82, 2.24) is 4.90 Å². The minimum atomic E-state index is -2.96. The van der Waals surface area contributed by atoms with Crippen LogP contribution in [0, 0.1) is 0 Å². The smallest absolute Gasteiger partial charge is 0.387 e. The number of carbonyl (C=O) groups excluding carboxylic acids is 4. The van der Waals surface area contributed by atoms with Crippen molar-refractivity contribution >= 4 is 29.4 Å². The van der Waals surface area contributed by atoms with E-state index < -0.39 is 36.9 Å². The van der Waals surface area contributed by atoms with Crippen LogP contribution in [0.25, 0.3) is 0 Å². The lowest BCUT2D eigenvalue weighted by Gasteiger charge is -2.12. The monoisotopic (exact) mass is 446 g/mol. The molecule has 1 aliphatic heterocycles. The van der Waals surface area contributed by atoms with Gasteiger partial charge in [-0.3, -0.25) is 19.3 Å². The van der Waals surface area contributed by atoms with Crippen LogP contribution in [-0.2, 0) is 9.53 Å². The van der Waals surface area contributed by atoms with Gasteiger partial charge in [-0.2, -0.15) is 8.78 Å². The van der Waals surface area contributed by atoms with E-state index in [2.05, 4.69) is 10.1 Å². The zero-order valence-corrected chi connectivity index (χ0v) is 17.1. The first kappa shape index (κ1) is 22.9. The lowest BCUT2D eigenvalue weighted by atomic mass is 10.1. The molecule has 3 amide bonds.